The summed E-state index contributed by atoms with van der Waals surface area (Å²) in [5.41, 5.74) is 3.19. The average molecular weight is 293 g/mol. The lowest BCUT2D eigenvalue weighted by atomic mass is 10.1. The highest BCUT2D eigenvalue weighted by Gasteiger charge is 2.19. The van der Waals surface area contributed by atoms with Gasteiger partial charge >= 0.3 is 0 Å². The molecule has 1 aromatic rings. The van der Waals surface area contributed by atoms with Gasteiger partial charge in [0.15, 0.2) is 0 Å². The van der Waals surface area contributed by atoms with E-state index in [1.54, 1.807) is 7.11 Å². The number of aryl methyl sites for hydroxylation is 1. The summed E-state index contributed by atoms with van der Waals surface area (Å²) in [6, 6.07) is 0.532. The minimum Gasteiger partial charge on any atom is -0.496 e. The van der Waals surface area contributed by atoms with Crippen molar-refractivity contribution < 1.29 is 9.84 Å². The Morgan fingerprint density at radius 1 is 1.48 bits per heavy atom. The molecule has 2 N–H and O–H groups in total. The lowest BCUT2D eigenvalue weighted by Crippen LogP contribution is -2.38. The molecule has 118 valence electrons. The van der Waals surface area contributed by atoms with Crippen LogP contribution in [0.15, 0.2) is 6.20 Å². The third-order valence-electron chi connectivity index (χ3n) is 4.18. The van der Waals surface area contributed by atoms with Crippen LogP contribution < -0.4 is 10.1 Å². The number of nitrogens with zero attached hydrogens (tertiary/aromatic N) is 2. The third-order valence-corrected chi connectivity index (χ3v) is 4.18. The van der Waals surface area contributed by atoms with Crippen LogP contribution in [-0.2, 0) is 6.54 Å². The quantitative estimate of drug-likeness (QED) is 0.792. The summed E-state index contributed by atoms with van der Waals surface area (Å²) in [5.74, 6) is 0.919. The van der Waals surface area contributed by atoms with E-state index in [-0.39, 0.29) is 6.61 Å². The highest BCUT2D eigenvalue weighted by molar-refractivity contribution is 5.41. The highest BCUT2D eigenvalue weighted by Crippen LogP contribution is 2.24. The van der Waals surface area contributed by atoms with Gasteiger partial charge in [-0.3, -0.25) is 9.88 Å². The van der Waals surface area contributed by atoms with E-state index in [0.29, 0.717) is 12.6 Å². The first-order valence-electron chi connectivity index (χ1n) is 7.71. The molecule has 1 fully saturated rings. The van der Waals surface area contributed by atoms with Gasteiger partial charge in [0.25, 0.3) is 0 Å². The van der Waals surface area contributed by atoms with Crippen molar-refractivity contribution >= 4 is 0 Å². The van der Waals surface area contributed by atoms with E-state index < -0.39 is 0 Å². The van der Waals surface area contributed by atoms with Gasteiger partial charge in [0.1, 0.15) is 5.75 Å². The molecule has 1 saturated heterocycles. The van der Waals surface area contributed by atoms with Crippen LogP contribution in [0.1, 0.15) is 29.7 Å². The van der Waals surface area contributed by atoms with Crippen LogP contribution in [0.3, 0.4) is 0 Å². The van der Waals surface area contributed by atoms with Gasteiger partial charge in [0, 0.05) is 43.0 Å². The zero-order valence-corrected chi connectivity index (χ0v) is 13.4. The molecule has 0 saturated carbocycles. The average Bonchev–Trinajstić information content (AvgIpc) is 2.96. The van der Waals surface area contributed by atoms with Crippen LogP contribution in [0.2, 0.25) is 0 Å². The van der Waals surface area contributed by atoms with E-state index in [9.17, 15) is 5.11 Å². The fourth-order valence-corrected chi connectivity index (χ4v) is 3.04. The molecule has 0 aromatic carbocycles. The molecule has 1 aliphatic heterocycles. The molecule has 2 rings (SSSR count). The molecule has 0 amide bonds. The lowest BCUT2D eigenvalue weighted by Gasteiger charge is -2.25. The monoisotopic (exact) mass is 293 g/mol. The third kappa shape index (κ3) is 4.15. The molecule has 1 atom stereocenters. The predicted molar refractivity (Wildman–Crippen MR) is 83.7 cm³/mol. The summed E-state index contributed by atoms with van der Waals surface area (Å²) >= 11 is 0. The summed E-state index contributed by atoms with van der Waals surface area (Å²) in [5, 5.41) is 12.8. The number of rotatable bonds is 7. The van der Waals surface area contributed by atoms with Crippen LogP contribution in [0.5, 0.6) is 5.75 Å². The Hall–Kier alpha value is -1.17. The second kappa shape index (κ2) is 7.73. The Morgan fingerprint density at radius 3 is 2.90 bits per heavy atom. The number of aliphatic hydroxyl groups excluding tert-OH is 1. The fraction of sp³-hybridized carbons (Fsp3) is 0.688. The molecule has 0 radical (unpaired) electrons. The Kier molecular flexibility index (Phi) is 5.96. The molecular formula is C16H27N3O2. The van der Waals surface area contributed by atoms with Crippen LogP contribution >= 0.6 is 0 Å². The Morgan fingerprint density at radius 2 is 2.29 bits per heavy atom. The minimum absolute atomic E-state index is 0.175. The van der Waals surface area contributed by atoms with Gasteiger partial charge in [-0.15, -0.1) is 0 Å². The molecule has 5 heteroatoms. The van der Waals surface area contributed by atoms with Gasteiger partial charge in [-0.1, -0.05) is 0 Å². The van der Waals surface area contributed by atoms with Crippen molar-refractivity contribution in [2.75, 3.05) is 33.4 Å². The van der Waals surface area contributed by atoms with Crippen LogP contribution in [0, 0.1) is 13.8 Å². The number of ether oxygens (including phenoxy) is 1. The van der Waals surface area contributed by atoms with Gasteiger partial charge in [-0.2, -0.15) is 0 Å². The molecule has 5 nitrogen and oxygen atoms in total. The number of nitrogens with one attached hydrogen (secondary N) is 1. The van der Waals surface area contributed by atoms with E-state index in [2.05, 4.69) is 22.1 Å². The maximum atomic E-state index is 9.30. The Labute approximate surface area is 127 Å². The number of pyridine rings is 1. The van der Waals surface area contributed by atoms with Crippen molar-refractivity contribution in [2.45, 2.75) is 39.3 Å². The van der Waals surface area contributed by atoms with Gasteiger partial charge in [0.05, 0.1) is 19.4 Å². The van der Waals surface area contributed by atoms with Gasteiger partial charge in [-0.05, 0) is 33.2 Å². The molecule has 0 aliphatic carbocycles. The summed E-state index contributed by atoms with van der Waals surface area (Å²) in [6.07, 6.45) is 4.32. The van der Waals surface area contributed by atoms with Crippen LogP contribution in [-0.4, -0.2) is 54.4 Å². The summed E-state index contributed by atoms with van der Waals surface area (Å²) in [7, 11) is 1.70. The van der Waals surface area contributed by atoms with Crippen molar-refractivity contribution in [3.05, 3.63) is 23.0 Å². The minimum atomic E-state index is 0.175. The zero-order valence-electron chi connectivity index (χ0n) is 13.4. The number of aromatic nitrogens is 1. The second-order valence-electron chi connectivity index (χ2n) is 5.80. The van der Waals surface area contributed by atoms with Crippen molar-refractivity contribution in [1.82, 2.24) is 15.2 Å². The Balaban J connectivity index is 2.08. The standard InChI is InChI=1S/C16H27N3O2/c1-12-9-18-15(13(2)16(12)21-3)11-19(7-8-20)10-14-5-4-6-17-14/h9,14,17,20H,4-8,10-11H2,1-3H3. The molecular weight excluding hydrogens is 266 g/mol. The number of hydrogen-bond acceptors (Lipinski definition) is 5. The maximum Gasteiger partial charge on any atom is 0.128 e. The van der Waals surface area contributed by atoms with Crippen molar-refractivity contribution in [3.63, 3.8) is 0 Å². The number of hydrogen-bond donors (Lipinski definition) is 2. The molecule has 0 spiro atoms. The topological polar surface area (TPSA) is 57.6 Å². The normalized spacial score (nSPS) is 18.4. The van der Waals surface area contributed by atoms with E-state index in [1.807, 2.05) is 13.1 Å². The van der Waals surface area contributed by atoms with E-state index >= 15 is 0 Å². The molecule has 2 heterocycles. The van der Waals surface area contributed by atoms with Gasteiger partial charge in [-0.25, -0.2) is 0 Å². The van der Waals surface area contributed by atoms with Crippen molar-refractivity contribution in [1.29, 1.82) is 0 Å². The van der Waals surface area contributed by atoms with E-state index in [0.717, 1.165) is 42.2 Å². The SMILES string of the molecule is COc1c(C)cnc(CN(CCO)CC2CCCN2)c1C. The van der Waals surface area contributed by atoms with Gasteiger partial charge < -0.3 is 15.2 Å². The van der Waals surface area contributed by atoms with Gasteiger partial charge in [0.2, 0.25) is 0 Å². The van der Waals surface area contributed by atoms with Crippen LogP contribution in [0.25, 0.3) is 0 Å². The Bertz CT molecular complexity index is 459. The summed E-state index contributed by atoms with van der Waals surface area (Å²) in [6.45, 7) is 7.73. The first-order valence-corrected chi connectivity index (χ1v) is 7.71. The number of methoxy groups -OCH3 is 1. The molecule has 1 unspecified atom stereocenters. The zero-order chi connectivity index (χ0) is 15.2. The predicted octanol–water partition coefficient (Wildman–Crippen LogP) is 1.25. The fourth-order valence-electron chi connectivity index (χ4n) is 3.04. The van der Waals surface area contributed by atoms with E-state index in [1.165, 1.54) is 12.8 Å². The first kappa shape index (κ1) is 16.2. The molecule has 21 heavy (non-hydrogen) atoms. The smallest absolute Gasteiger partial charge is 0.128 e. The lowest BCUT2D eigenvalue weighted by molar-refractivity contribution is 0.177. The van der Waals surface area contributed by atoms with E-state index in [4.69, 9.17) is 4.74 Å². The maximum absolute atomic E-state index is 9.30. The molecule has 1 aromatic heterocycles. The molecule has 0 bridgehead atoms. The molecule has 1 aliphatic rings. The van der Waals surface area contributed by atoms with Crippen molar-refractivity contribution in [3.8, 4) is 5.75 Å². The highest BCUT2D eigenvalue weighted by atomic mass is 16.5. The van der Waals surface area contributed by atoms with Crippen molar-refractivity contribution in [2.24, 2.45) is 0 Å². The summed E-state index contributed by atoms with van der Waals surface area (Å²) < 4.78 is 5.47. The summed E-state index contributed by atoms with van der Waals surface area (Å²) in [4.78, 5) is 6.83. The largest absolute Gasteiger partial charge is 0.496 e. The first-order chi connectivity index (χ1) is 10.2. The second-order valence-corrected chi connectivity index (χ2v) is 5.80. The number of aliphatic hydroxyl groups is 1. The van der Waals surface area contributed by atoms with Crippen LogP contribution in [0.4, 0.5) is 0 Å².